The second kappa shape index (κ2) is 8.44. The summed E-state index contributed by atoms with van der Waals surface area (Å²) in [4.78, 5) is 0. The fourth-order valence-corrected chi connectivity index (χ4v) is 1.53. The Morgan fingerprint density at radius 2 is 1.56 bits per heavy atom. The number of halogens is 2. The summed E-state index contributed by atoms with van der Waals surface area (Å²) >= 11 is 11.7. The van der Waals surface area contributed by atoms with E-state index in [1.807, 2.05) is 19.9 Å². The molecule has 1 aromatic carbocycles. The van der Waals surface area contributed by atoms with Crippen molar-refractivity contribution >= 4 is 28.8 Å². The maximum atomic E-state index is 9.07. The van der Waals surface area contributed by atoms with Crippen LogP contribution in [-0.4, -0.2) is 5.11 Å². The average Bonchev–Trinajstić information content (AvgIpc) is 2.23. The molecule has 0 spiro atoms. The molecule has 0 fully saturated rings. The van der Waals surface area contributed by atoms with Gasteiger partial charge in [-0.05, 0) is 35.1 Å². The van der Waals surface area contributed by atoms with Gasteiger partial charge in [-0.2, -0.15) is 0 Å². The molecule has 1 N–H and O–H groups in total. The Labute approximate surface area is 120 Å². The molecule has 0 bridgehead atoms. The number of aliphatic hydroxyl groups is 1. The van der Waals surface area contributed by atoms with Crippen LogP contribution in [0.5, 0.6) is 0 Å². The van der Waals surface area contributed by atoms with Gasteiger partial charge in [0.05, 0.1) is 16.3 Å². The quantitative estimate of drug-likeness (QED) is 0.641. The molecular formula is C15H22Cl2O. The standard InChI is InChI=1S/C11H12Cl2O.C4H10/c1-7(2)9(6-14)8-3-4-10(12)11(13)5-8;1-4(2)3/h3-7,14H,1-2H3;4H,1-3H3/b9-6+;. The molecule has 0 aromatic heterocycles. The second-order valence-electron chi connectivity index (χ2n) is 5.10. The van der Waals surface area contributed by atoms with E-state index in [2.05, 4.69) is 20.8 Å². The van der Waals surface area contributed by atoms with Crippen molar-refractivity contribution in [3.8, 4) is 0 Å². The molecule has 0 saturated carbocycles. The summed E-state index contributed by atoms with van der Waals surface area (Å²) in [5.74, 6) is 1.08. The minimum atomic E-state index is 0.247. The number of rotatable bonds is 2. The van der Waals surface area contributed by atoms with E-state index in [1.165, 1.54) is 0 Å². The molecule has 0 unspecified atom stereocenters. The van der Waals surface area contributed by atoms with E-state index in [0.717, 1.165) is 23.3 Å². The minimum Gasteiger partial charge on any atom is -0.515 e. The predicted octanol–water partition coefficient (Wildman–Crippen LogP) is 6.21. The predicted molar refractivity (Wildman–Crippen MR) is 82.4 cm³/mol. The molecular weight excluding hydrogens is 267 g/mol. The monoisotopic (exact) mass is 288 g/mol. The Balaban J connectivity index is 0.000000631. The molecule has 0 atom stereocenters. The Kier molecular flexibility index (Phi) is 8.13. The van der Waals surface area contributed by atoms with Gasteiger partial charge < -0.3 is 5.11 Å². The molecule has 1 nitrogen and oxygen atoms in total. The van der Waals surface area contributed by atoms with E-state index >= 15 is 0 Å². The smallest absolute Gasteiger partial charge is 0.0832 e. The first kappa shape index (κ1) is 17.3. The van der Waals surface area contributed by atoms with E-state index in [9.17, 15) is 0 Å². The molecule has 0 amide bonds. The molecule has 0 heterocycles. The summed E-state index contributed by atoms with van der Waals surface area (Å²) in [5.41, 5.74) is 1.75. The lowest BCUT2D eigenvalue weighted by Gasteiger charge is -2.10. The third kappa shape index (κ3) is 6.32. The summed E-state index contributed by atoms with van der Waals surface area (Å²) < 4.78 is 0. The molecule has 102 valence electrons. The molecule has 1 rings (SSSR count). The van der Waals surface area contributed by atoms with Gasteiger partial charge in [0.1, 0.15) is 0 Å². The minimum absolute atomic E-state index is 0.247. The van der Waals surface area contributed by atoms with Gasteiger partial charge in [-0.15, -0.1) is 0 Å². The van der Waals surface area contributed by atoms with Crippen LogP contribution in [0.15, 0.2) is 24.5 Å². The van der Waals surface area contributed by atoms with Gasteiger partial charge in [-0.25, -0.2) is 0 Å². The topological polar surface area (TPSA) is 20.2 Å². The Bertz CT molecular complexity index is 393. The Morgan fingerprint density at radius 3 is 1.89 bits per heavy atom. The van der Waals surface area contributed by atoms with Crippen molar-refractivity contribution < 1.29 is 5.11 Å². The largest absolute Gasteiger partial charge is 0.515 e. The lowest BCUT2D eigenvalue weighted by Crippen LogP contribution is -1.93. The van der Waals surface area contributed by atoms with Crippen molar-refractivity contribution in [1.82, 2.24) is 0 Å². The van der Waals surface area contributed by atoms with Gasteiger partial charge in [-0.1, -0.05) is 63.9 Å². The van der Waals surface area contributed by atoms with Crippen molar-refractivity contribution in [2.24, 2.45) is 11.8 Å². The summed E-state index contributed by atoms with van der Waals surface area (Å²) in [6.07, 6.45) is 1.12. The highest BCUT2D eigenvalue weighted by Gasteiger charge is 2.08. The van der Waals surface area contributed by atoms with Crippen LogP contribution in [0.1, 0.15) is 40.2 Å². The molecule has 0 saturated heterocycles. The highest BCUT2D eigenvalue weighted by molar-refractivity contribution is 6.42. The van der Waals surface area contributed by atoms with Crippen LogP contribution in [0.4, 0.5) is 0 Å². The van der Waals surface area contributed by atoms with E-state index in [1.54, 1.807) is 12.1 Å². The zero-order chi connectivity index (χ0) is 14.3. The summed E-state index contributed by atoms with van der Waals surface area (Å²) in [7, 11) is 0. The van der Waals surface area contributed by atoms with Gasteiger partial charge in [0.25, 0.3) is 0 Å². The maximum absolute atomic E-state index is 9.07. The van der Waals surface area contributed by atoms with Crippen LogP contribution in [0.2, 0.25) is 10.0 Å². The van der Waals surface area contributed by atoms with Crippen molar-refractivity contribution in [3.63, 3.8) is 0 Å². The third-order valence-electron chi connectivity index (χ3n) is 2.01. The van der Waals surface area contributed by atoms with Crippen molar-refractivity contribution in [1.29, 1.82) is 0 Å². The lowest BCUT2D eigenvalue weighted by molar-refractivity contribution is 0.471. The molecule has 3 heteroatoms. The molecule has 0 aliphatic carbocycles. The Morgan fingerprint density at radius 1 is 1.06 bits per heavy atom. The number of hydrogen-bond donors (Lipinski definition) is 1. The van der Waals surface area contributed by atoms with Crippen molar-refractivity contribution in [2.45, 2.75) is 34.6 Å². The molecule has 0 aliphatic heterocycles. The summed E-state index contributed by atoms with van der Waals surface area (Å²) in [6, 6.07) is 5.33. The van der Waals surface area contributed by atoms with E-state index in [-0.39, 0.29) is 5.92 Å². The average molecular weight is 289 g/mol. The summed E-state index contributed by atoms with van der Waals surface area (Å²) in [5, 5.41) is 10.1. The van der Waals surface area contributed by atoms with Gasteiger partial charge in [0.2, 0.25) is 0 Å². The normalized spacial score (nSPS) is 11.5. The highest BCUT2D eigenvalue weighted by atomic mass is 35.5. The second-order valence-corrected chi connectivity index (χ2v) is 5.91. The lowest BCUT2D eigenvalue weighted by atomic mass is 9.97. The zero-order valence-corrected chi connectivity index (χ0v) is 13.2. The Hall–Kier alpha value is -0.660. The van der Waals surface area contributed by atoms with Crippen molar-refractivity contribution in [2.75, 3.05) is 0 Å². The number of allylic oxidation sites excluding steroid dienone is 1. The first-order valence-electron chi connectivity index (χ1n) is 6.09. The van der Waals surface area contributed by atoms with Gasteiger partial charge in [-0.3, -0.25) is 0 Å². The van der Waals surface area contributed by atoms with Crippen molar-refractivity contribution in [3.05, 3.63) is 40.1 Å². The van der Waals surface area contributed by atoms with Crippen LogP contribution in [-0.2, 0) is 0 Å². The van der Waals surface area contributed by atoms with E-state index < -0.39 is 0 Å². The molecule has 0 radical (unpaired) electrons. The summed E-state index contributed by atoms with van der Waals surface area (Å²) in [6.45, 7) is 10.5. The van der Waals surface area contributed by atoms with Gasteiger partial charge in [0, 0.05) is 0 Å². The number of benzene rings is 1. The number of hydrogen-bond acceptors (Lipinski definition) is 1. The third-order valence-corrected chi connectivity index (χ3v) is 2.75. The van der Waals surface area contributed by atoms with Crippen LogP contribution in [0.3, 0.4) is 0 Å². The van der Waals surface area contributed by atoms with Crippen LogP contribution < -0.4 is 0 Å². The molecule has 18 heavy (non-hydrogen) atoms. The molecule has 0 aliphatic rings. The van der Waals surface area contributed by atoms with E-state index in [4.69, 9.17) is 28.3 Å². The van der Waals surface area contributed by atoms with Crippen LogP contribution in [0, 0.1) is 11.8 Å². The zero-order valence-electron chi connectivity index (χ0n) is 11.7. The SMILES string of the molecule is CC(C)/C(=C\O)c1ccc(Cl)c(Cl)c1.CC(C)C. The fourth-order valence-electron chi connectivity index (χ4n) is 1.23. The highest BCUT2D eigenvalue weighted by Crippen LogP contribution is 2.29. The maximum Gasteiger partial charge on any atom is 0.0832 e. The van der Waals surface area contributed by atoms with Gasteiger partial charge in [0.15, 0.2) is 0 Å². The van der Waals surface area contributed by atoms with Crippen LogP contribution >= 0.6 is 23.2 Å². The fraction of sp³-hybridized carbons (Fsp3) is 0.467. The first-order chi connectivity index (χ1) is 8.29. The van der Waals surface area contributed by atoms with E-state index in [0.29, 0.717) is 10.0 Å². The number of aliphatic hydroxyl groups excluding tert-OH is 1. The molecule has 1 aromatic rings. The van der Waals surface area contributed by atoms with Gasteiger partial charge >= 0.3 is 0 Å². The first-order valence-corrected chi connectivity index (χ1v) is 6.84. The van der Waals surface area contributed by atoms with Crippen LogP contribution in [0.25, 0.3) is 5.57 Å².